The van der Waals surface area contributed by atoms with Crippen LogP contribution in [0.25, 0.3) is 0 Å². The lowest BCUT2D eigenvalue weighted by Crippen LogP contribution is -2.54. The number of hydrogen-bond donors (Lipinski definition) is 1. The minimum atomic E-state index is 0.635. The van der Waals surface area contributed by atoms with Crippen LogP contribution < -0.4 is 5.84 Å². The first-order valence-electron chi connectivity index (χ1n) is 4.97. The van der Waals surface area contributed by atoms with Gasteiger partial charge in [0.2, 0.25) is 0 Å². The van der Waals surface area contributed by atoms with Gasteiger partial charge in [0.1, 0.15) is 0 Å². The highest BCUT2D eigenvalue weighted by atomic mass is 15.4. The van der Waals surface area contributed by atoms with Crippen molar-refractivity contribution < 1.29 is 0 Å². The number of nitrogens with two attached hydrogens (primary N) is 1. The van der Waals surface area contributed by atoms with Crippen molar-refractivity contribution in [1.82, 2.24) is 9.91 Å². The quantitative estimate of drug-likeness (QED) is 0.633. The lowest BCUT2D eigenvalue weighted by molar-refractivity contribution is 0.0829. The first-order chi connectivity index (χ1) is 5.74. The lowest BCUT2D eigenvalue weighted by Gasteiger charge is -2.37. The fraction of sp³-hybridized carbons (Fsp3) is 1.00. The summed E-state index contributed by atoms with van der Waals surface area (Å²) >= 11 is 0. The molecule has 3 heteroatoms. The van der Waals surface area contributed by atoms with Gasteiger partial charge in [-0.2, -0.15) is 0 Å². The summed E-state index contributed by atoms with van der Waals surface area (Å²) in [7, 11) is 0. The molecule has 0 bridgehead atoms. The zero-order chi connectivity index (χ0) is 8.97. The van der Waals surface area contributed by atoms with E-state index in [1.807, 2.05) is 5.01 Å². The molecule has 0 aromatic rings. The van der Waals surface area contributed by atoms with Gasteiger partial charge < -0.3 is 0 Å². The largest absolute Gasteiger partial charge is 0.298 e. The smallest absolute Gasteiger partial charge is 0.0282 e. The Kier molecular flexibility index (Phi) is 3.98. The molecule has 12 heavy (non-hydrogen) atoms. The Balaban J connectivity index is 2.25. The fourth-order valence-corrected chi connectivity index (χ4v) is 1.72. The first kappa shape index (κ1) is 9.96. The molecule has 1 aliphatic rings. The van der Waals surface area contributed by atoms with E-state index >= 15 is 0 Å². The molecule has 0 aromatic heterocycles. The molecule has 1 saturated heterocycles. The van der Waals surface area contributed by atoms with Crippen LogP contribution in [0.1, 0.15) is 26.7 Å². The van der Waals surface area contributed by atoms with Crippen molar-refractivity contribution in [2.45, 2.75) is 32.7 Å². The Hall–Kier alpha value is -0.120. The van der Waals surface area contributed by atoms with E-state index in [0.717, 1.165) is 19.6 Å². The van der Waals surface area contributed by atoms with E-state index in [1.165, 1.54) is 19.4 Å². The number of hydrogen-bond acceptors (Lipinski definition) is 3. The molecule has 0 aliphatic carbocycles. The highest BCUT2D eigenvalue weighted by Gasteiger charge is 2.20. The fourth-order valence-electron chi connectivity index (χ4n) is 1.72. The number of nitrogens with zero attached hydrogens (tertiary/aromatic N) is 2. The van der Waals surface area contributed by atoms with Crippen LogP contribution in [0.4, 0.5) is 0 Å². The third-order valence-electron chi connectivity index (χ3n) is 2.60. The topological polar surface area (TPSA) is 32.5 Å². The summed E-state index contributed by atoms with van der Waals surface area (Å²) in [5.74, 6) is 5.72. The van der Waals surface area contributed by atoms with Gasteiger partial charge in [0.15, 0.2) is 0 Å². The second kappa shape index (κ2) is 4.80. The van der Waals surface area contributed by atoms with Crippen LogP contribution in [0, 0.1) is 0 Å². The van der Waals surface area contributed by atoms with E-state index in [2.05, 4.69) is 18.7 Å². The molecule has 1 heterocycles. The van der Waals surface area contributed by atoms with Crippen LogP contribution in [0.3, 0.4) is 0 Å². The van der Waals surface area contributed by atoms with E-state index < -0.39 is 0 Å². The summed E-state index contributed by atoms with van der Waals surface area (Å²) in [5.41, 5.74) is 0. The monoisotopic (exact) mass is 171 g/mol. The molecule has 1 aliphatic heterocycles. The van der Waals surface area contributed by atoms with E-state index in [1.54, 1.807) is 0 Å². The molecule has 1 rings (SSSR count). The normalized spacial score (nSPS) is 27.8. The Bertz CT molecular complexity index is 125. The molecule has 1 atom stereocenters. The van der Waals surface area contributed by atoms with Crippen molar-refractivity contribution in [2.75, 3.05) is 26.2 Å². The molecule has 0 spiro atoms. The van der Waals surface area contributed by atoms with Gasteiger partial charge >= 0.3 is 0 Å². The maximum atomic E-state index is 5.72. The molecule has 0 unspecified atom stereocenters. The Labute approximate surface area is 75.5 Å². The maximum absolute atomic E-state index is 5.72. The van der Waals surface area contributed by atoms with Gasteiger partial charge in [-0.1, -0.05) is 13.3 Å². The zero-order valence-electron chi connectivity index (χ0n) is 8.29. The van der Waals surface area contributed by atoms with Gasteiger partial charge in [0.25, 0.3) is 0 Å². The van der Waals surface area contributed by atoms with Crippen molar-refractivity contribution in [3.63, 3.8) is 0 Å². The second-order valence-corrected chi connectivity index (χ2v) is 3.73. The molecular weight excluding hydrogens is 150 g/mol. The summed E-state index contributed by atoms with van der Waals surface area (Å²) in [4.78, 5) is 2.53. The molecule has 0 radical (unpaired) electrons. The minimum Gasteiger partial charge on any atom is -0.298 e. The summed E-state index contributed by atoms with van der Waals surface area (Å²) in [6.45, 7) is 8.92. The third-order valence-corrected chi connectivity index (χ3v) is 2.60. The summed E-state index contributed by atoms with van der Waals surface area (Å²) < 4.78 is 0. The van der Waals surface area contributed by atoms with Gasteiger partial charge in [-0.05, 0) is 19.9 Å². The molecule has 2 N–H and O–H groups in total. The number of rotatable bonds is 3. The van der Waals surface area contributed by atoms with Gasteiger partial charge in [0, 0.05) is 25.7 Å². The average molecular weight is 171 g/mol. The van der Waals surface area contributed by atoms with Crippen LogP contribution in [0.2, 0.25) is 0 Å². The Morgan fingerprint density at radius 3 is 2.75 bits per heavy atom. The molecule has 0 saturated carbocycles. The molecular formula is C9H21N3. The third kappa shape index (κ3) is 2.73. The number of unbranched alkanes of at least 4 members (excludes halogenated alkanes) is 1. The van der Waals surface area contributed by atoms with Crippen molar-refractivity contribution in [3.05, 3.63) is 0 Å². The van der Waals surface area contributed by atoms with Gasteiger partial charge in [0.05, 0.1) is 0 Å². The Morgan fingerprint density at radius 2 is 2.17 bits per heavy atom. The van der Waals surface area contributed by atoms with Gasteiger partial charge in [-0.25, -0.2) is 5.01 Å². The second-order valence-electron chi connectivity index (χ2n) is 3.73. The lowest BCUT2D eigenvalue weighted by atomic mass is 10.2. The van der Waals surface area contributed by atoms with E-state index in [4.69, 9.17) is 5.84 Å². The first-order valence-corrected chi connectivity index (χ1v) is 4.97. The van der Waals surface area contributed by atoms with Crippen LogP contribution in [0.5, 0.6) is 0 Å². The highest BCUT2D eigenvalue weighted by Crippen LogP contribution is 2.07. The molecule has 3 nitrogen and oxygen atoms in total. The van der Waals surface area contributed by atoms with Crippen LogP contribution in [-0.4, -0.2) is 42.1 Å². The van der Waals surface area contributed by atoms with E-state index in [9.17, 15) is 0 Å². The number of piperazine rings is 1. The summed E-state index contributed by atoms with van der Waals surface area (Å²) in [6.07, 6.45) is 2.60. The predicted molar refractivity (Wildman–Crippen MR) is 51.7 cm³/mol. The van der Waals surface area contributed by atoms with Crippen LogP contribution >= 0.6 is 0 Å². The standard InChI is InChI=1S/C9H21N3/c1-3-4-5-11-6-7-12(10)8-9(11)2/h9H,3-8,10H2,1-2H3/t9-/m0/s1. The van der Waals surface area contributed by atoms with Crippen molar-refractivity contribution in [3.8, 4) is 0 Å². The predicted octanol–water partition coefficient (Wildman–Crippen LogP) is 0.666. The molecule has 0 aromatic carbocycles. The van der Waals surface area contributed by atoms with E-state index in [-0.39, 0.29) is 0 Å². The molecule has 72 valence electrons. The molecule has 0 amide bonds. The SMILES string of the molecule is CCCCN1CCN(N)C[C@@H]1C. The van der Waals surface area contributed by atoms with Crippen molar-refractivity contribution in [1.29, 1.82) is 0 Å². The summed E-state index contributed by atoms with van der Waals surface area (Å²) in [5, 5.41) is 1.92. The maximum Gasteiger partial charge on any atom is 0.0282 e. The average Bonchev–Trinajstić information content (AvgIpc) is 2.03. The van der Waals surface area contributed by atoms with Crippen LogP contribution in [0.15, 0.2) is 0 Å². The van der Waals surface area contributed by atoms with Gasteiger partial charge in [-0.3, -0.25) is 10.7 Å². The van der Waals surface area contributed by atoms with Crippen molar-refractivity contribution in [2.24, 2.45) is 5.84 Å². The minimum absolute atomic E-state index is 0.635. The number of hydrazine groups is 1. The Morgan fingerprint density at radius 1 is 1.42 bits per heavy atom. The van der Waals surface area contributed by atoms with Gasteiger partial charge in [-0.15, -0.1) is 0 Å². The highest BCUT2D eigenvalue weighted by molar-refractivity contribution is 4.75. The molecule has 1 fully saturated rings. The summed E-state index contributed by atoms with van der Waals surface area (Å²) in [6, 6.07) is 0.635. The van der Waals surface area contributed by atoms with Crippen LogP contribution in [-0.2, 0) is 0 Å². The van der Waals surface area contributed by atoms with Crippen molar-refractivity contribution >= 4 is 0 Å². The zero-order valence-corrected chi connectivity index (χ0v) is 8.29. The van der Waals surface area contributed by atoms with E-state index in [0.29, 0.717) is 6.04 Å².